The van der Waals surface area contributed by atoms with Crippen LogP contribution in [0.1, 0.15) is 182 Å². The maximum absolute atomic E-state index is 6.01. The quantitative estimate of drug-likeness (QED) is 0.0364. The Balaban J connectivity index is 1.10. The highest BCUT2D eigenvalue weighted by Crippen LogP contribution is 2.46. The van der Waals surface area contributed by atoms with E-state index in [0.717, 1.165) is 145 Å². The summed E-state index contributed by atoms with van der Waals surface area (Å²) in [5.74, 6) is 2.32. The van der Waals surface area contributed by atoms with Crippen molar-refractivity contribution < 1.29 is 9.47 Å². The van der Waals surface area contributed by atoms with E-state index in [0.29, 0.717) is 5.92 Å². The molecule has 1 unspecified atom stereocenters. The molecule has 0 spiro atoms. The predicted octanol–water partition coefficient (Wildman–Crippen LogP) is 22.3. The highest BCUT2D eigenvalue weighted by molar-refractivity contribution is 7.14. The van der Waals surface area contributed by atoms with Gasteiger partial charge in [-0.05, 0) is 101 Å². The molecule has 0 fully saturated rings. The SMILES string of the molecule is CCCCCCCCCCCCC(CCCCCCCCCC)Cn1nc2c(-c3cccs3)c3nc(-c4ccc(-c5ccc(OCCCC)cc5)cc4)c(-c4ccc(-c5ccc(OCCCC)cc5)cc4)nc3c(-c3cccs3)c2n1. The van der Waals surface area contributed by atoms with Crippen molar-refractivity contribution in [2.75, 3.05) is 13.2 Å². The van der Waals surface area contributed by atoms with Gasteiger partial charge in [-0.2, -0.15) is 15.0 Å². The largest absolute Gasteiger partial charge is 0.494 e. The van der Waals surface area contributed by atoms with Gasteiger partial charge < -0.3 is 9.47 Å². The number of benzene rings is 5. The highest BCUT2D eigenvalue weighted by atomic mass is 32.1. The number of fused-ring (bicyclic) bond motifs is 2. The van der Waals surface area contributed by atoms with Crippen LogP contribution in [-0.4, -0.2) is 38.2 Å². The van der Waals surface area contributed by atoms with Crippen molar-refractivity contribution >= 4 is 44.7 Å². The van der Waals surface area contributed by atoms with Gasteiger partial charge >= 0.3 is 0 Å². The Kier molecular flexibility index (Phi) is 23.4. The van der Waals surface area contributed by atoms with E-state index in [4.69, 9.17) is 29.6 Å². The van der Waals surface area contributed by atoms with Crippen LogP contribution in [0.2, 0.25) is 0 Å². The molecule has 0 N–H and O–H groups in total. The van der Waals surface area contributed by atoms with Crippen LogP contribution in [0.5, 0.6) is 11.5 Å². The molecule has 0 aliphatic rings. The minimum absolute atomic E-state index is 0.514. The van der Waals surface area contributed by atoms with Crippen molar-refractivity contribution in [1.82, 2.24) is 25.0 Å². The van der Waals surface area contributed by atoms with E-state index in [9.17, 15) is 0 Å². The number of thiophene rings is 2. The summed E-state index contributed by atoms with van der Waals surface area (Å²) >= 11 is 3.46. The van der Waals surface area contributed by atoms with E-state index in [1.165, 1.54) is 128 Å². The maximum atomic E-state index is 6.01. The first-order valence-corrected chi connectivity index (χ1v) is 33.2. The summed E-state index contributed by atoms with van der Waals surface area (Å²) in [4.78, 5) is 16.0. The van der Waals surface area contributed by atoms with Crippen LogP contribution in [0.25, 0.3) is 87.7 Å². The summed E-state index contributed by atoms with van der Waals surface area (Å²) in [6, 6.07) is 43.3. The third kappa shape index (κ3) is 16.5. The van der Waals surface area contributed by atoms with E-state index in [-0.39, 0.29) is 0 Å². The highest BCUT2D eigenvalue weighted by Gasteiger charge is 2.27. The number of nitrogens with zero attached hydrogens (tertiary/aromatic N) is 5. The average Bonchev–Trinajstić information content (AvgIpc) is 4.50. The third-order valence-electron chi connectivity index (χ3n) is 16.1. The lowest BCUT2D eigenvalue weighted by Crippen LogP contribution is -2.14. The molecule has 9 heteroatoms. The standard InChI is InChI=1S/C72H89N5O2S2/c1-5-9-13-15-17-19-20-22-24-26-30-54(29-25-23-21-18-16-14-10-6-2)53-77-75-71-65(63-31-27-51-80-63)69-70(66(72(71)76-77)64-32-28-52-81-64)74-68(60-39-35-56(36-40-60)58-43-47-62(48-44-58)79-50-12-8-4)67(73-69)59-37-33-55(34-38-59)57-41-45-61(46-42-57)78-49-11-7-3/h27-28,31-48,51-52,54H,5-26,29-30,49-50,53H2,1-4H3. The van der Waals surface area contributed by atoms with Crippen LogP contribution in [0.15, 0.2) is 132 Å². The molecule has 0 amide bonds. The Bertz CT molecular complexity index is 3030. The number of hydrogen-bond donors (Lipinski definition) is 0. The molecule has 4 aromatic heterocycles. The molecule has 1 atom stereocenters. The van der Waals surface area contributed by atoms with Gasteiger partial charge in [0.1, 0.15) is 33.6 Å². The van der Waals surface area contributed by atoms with Gasteiger partial charge in [0.05, 0.1) is 31.1 Å². The first-order valence-electron chi connectivity index (χ1n) is 31.4. The lowest BCUT2D eigenvalue weighted by atomic mass is 9.94. The number of aromatic nitrogens is 5. The smallest absolute Gasteiger partial charge is 0.124 e. The summed E-state index contributed by atoms with van der Waals surface area (Å²) in [5, 5.41) is 15.5. The molecule has 0 aliphatic heterocycles. The fourth-order valence-corrected chi connectivity index (χ4v) is 12.9. The van der Waals surface area contributed by atoms with Crippen LogP contribution >= 0.6 is 22.7 Å². The first-order chi connectivity index (χ1) is 40.0. The summed E-state index contributed by atoms with van der Waals surface area (Å²) in [5.41, 5.74) is 13.7. The molecule has 0 aliphatic carbocycles. The Morgan fingerprint density at radius 3 is 1.05 bits per heavy atom. The van der Waals surface area contributed by atoms with E-state index in [2.05, 4.69) is 165 Å². The van der Waals surface area contributed by atoms with Gasteiger partial charge in [-0.15, -0.1) is 22.7 Å². The zero-order chi connectivity index (χ0) is 55.9. The monoisotopic (exact) mass is 1120 g/mol. The molecule has 0 radical (unpaired) electrons. The maximum Gasteiger partial charge on any atom is 0.124 e. The average molecular weight is 1120 g/mol. The number of hydrogen-bond acceptors (Lipinski definition) is 8. The van der Waals surface area contributed by atoms with E-state index < -0.39 is 0 Å². The van der Waals surface area contributed by atoms with Gasteiger partial charge in [-0.3, -0.25) is 0 Å². The van der Waals surface area contributed by atoms with E-state index in [1.807, 2.05) is 0 Å². The van der Waals surface area contributed by atoms with Gasteiger partial charge in [0.15, 0.2) is 0 Å². The van der Waals surface area contributed by atoms with Crippen molar-refractivity contribution in [1.29, 1.82) is 0 Å². The number of ether oxygens (including phenoxy) is 2. The summed E-state index contributed by atoms with van der Waals surface area (Å²) in [7, 11) is 0. The van der Waals surface area contributed by atoms with Crippen molar-refractivity contribution in [3.63, 3.8) is 0 Å². The van der Waals surface area contributed by atoms with Gasteiger partial charge in [-0.1, -0.05) is 241 Å². The van der Waals surface area contributed by atoms with Crippen molar-refractivity contribution in [3.8, 4) is 77.1 Å². The lowest BCUT2D eigenvalue weighted by Gasteiger charge is -2.16. The normalized spacial score (nSPS) is 12.0. The molecule has 0 saturated carbocycles. The van der Waals surface area contributed by atoms with Crippen LogP contribution in [-0.2, 0) is 6.54 Å². The molecular formula is C72H89N5O2S2. The summed E-state index contributed by atoms with van der Waals surface area (Å²) < 4.78 is 12.0. The minimum Gasteiger partial charge on any atom is -0.494 e. The Hall–Kier alpha value is -6.16. The Labute approximate surface area is 493 Å². The second-order valence-corrected chi connectivity index (χ2v) is 24.4. The number of rotatable bonds is 36. The number of unbranched alkanes of at least 4 members (excludes halogenated alkanes) is 18. The molecule has 9 rings (SSSR count). The zero-order valence-electron chi connectivity index (χ0n) is 49.2. The third-order valence-corrected chi connectivity index (χ3v) is 17.9. The van der Waals surface area contributed by atoms with Crippen LogP contribution in [0, 0.1) is 5.92 Å². The van der Waals surface area contributed by atoms with Crippen LogP contribution < -0.4 is 9.47 Å². The Morgan fingerprint density at radius 2 is 0.704 bits per heavy atom. The van der Waals surface area contributed by atoms with Gasteiger partial charge in [0, 0.05) is 32.0 Å². The minimum atomic E-state index is 0.514. The molecule has 7 nitrogen and oxygen atoms in total. The fourth-order valence-electron chi connectivity index (χ4n) is 11.3. The van der Waals surface area contributed by atoms with Gasteiger partial charge in [-0.25, -0.2) is 9.97 Å². The molecular weight excluding hydrogens is 1030 g/mol. The summed E-state index contributed by atoms with van der Waals surface area (Å²) in [6.07, 6.45) is 30.9. The van der Waals surface area contributed by atoms with Gasteiger partial charge in [0.2, 0.25) is 0 Å². The second kappa shape index (κ2) is 31.9. The molecule has 81 heavy (non-hydrogen) atoms. The van der Waals surface area contributed by atoms with Gasteiger partial charge in [0.25, 0.3) is 0 Å². The van der Waals surface area contributed by atoms with E-state index in [1.54, 1.807) is 22.7 Å². The topological polar surface area (TPSA) is 75.0 Å². The van der Waals surface area contributed by atoms with Crippen LogP contribution in [0.3, 0.4) is 0 Å². The van der Waals surface area contributed by atoms with Crippen molar-refractivity contribution in [3.05, 3.63) is 132 Å². The van der Waals surface area contributed by atoms with Crippen LogP contribution in [0.4, 0.5) is 0 Å². The predicted molar refractivity (Wildman–Crippen MR) is 347 cm³/mol. The second-order valence-electron chi connectivity index (χ2n) is 22.5. The molecule has 0 saturated heterocycles. The zero-order valence-corrected chi connectivity index (χ0v) is 50.9. The summed E-state index contributed by atoms with van der Waals surface area (Å²) in [6.45, 7) is 11.3. The Morgan fingerprint density at radius 1 is 0.370 bits per heavy atom. The molecule has 0 bridgehead atoms. The molecule has 4 heterocycles. The van der Waals surface area contributed by atoms with Crippen molar-refractivity contribution in [2.45, 2.75) is 188 Å². The van der Waals surface area contributed by atoms with Crippen molar-refractivity contribution in [2.24, 2.45) is 5.92 Å². The first kappa shape index (κ1) is 59.5. The van der Waals surface area contributed by atoms with E-state index >= 15 is 0 Å². The fraction of sp³-hybridized carbons (Fsp3) is 0.444. The lowest BCUT2D eigenvalue weighted by molar-refractivity contribution is 0.309. The molecule has 426 valence electrons. The molecule has 5 aromatic carbocycles. The molecule has 9 aromatic rings.